The highest BCUT2D eigenvalue weighted by atomic mass is 32.2. The highest BCUT2D eigenvalue weighted by Crippen LogP contribution is 2.31. The Morgan fingerprint density at radius 3 is 2.43 bits per heavy atom. The van der Waals surface area contributed by atoms with Crippen molar-refractivity contribution in [1.29, 1.82) is 5.26 Å². The van der Waals surface area contributed by atoms with Crippen molar-refractivity contribution in [3.63, 3.8) is 0 Å². The van der Waals surface area contributed by atoms with Crippen molar-refractivity contribution in [2.45, 2.75) is 11.1 Å². The van der Waals surface area contributed by atoms with Gasteiger partial charge in [0, 0.05) is 13.1 Å². The van der Waals surface area contributed by atoms with E-state index in [0.29, 0.717) is 17.4 Å². The second-order valence-electron chi connectivity index (χ2n) is 5.66. The van der Waals surface area contributed by atoms with Crippen LogP contribution >= 0.6 is 0 Å². The Morgan fingerprint density at radius 2 is 1.86 bits per heavy atom. The first-order valence-corrected chi connectivity index (χ1v) is 9.54. The summed E-state index contributed by atoms with van der Waals surface area (Å²) in [5.41, 5.74) is -0.589. The third-order valence-corrected chi connectivity index (χ3v) is 5.59. The zero-order valence-corrected chi connectivity index (χ0v) is 15.5. The molecule has 9 heteroatoms. The van der Waals surface area contributed by atoms with Gasteiger partial charge in [-0.15, -0.1) is 6.58 Å². The van der Waals surface area contributed by atoms with E-state index in [-0.39, 0.29) is 19.7 Å². The van der Waals surface area contributed by atoms with Crippen LogP contribution in [0.2, 0.25) is 0 Å². The van der Waals surface area contributed by atoms with Gasteiger partial charge in [0.25, 0.3) is 0 Å². The first kappa shape index (κ1) is 21.5. The van der Waals surface area contributed by atoms with Crippen LogP contribution < -0.4 is 4.74 Å². The molecule has 0 aromatic heterocycles. The third kappa shape index (κ3) is 5.34. The fraction of sp³-hybridized carbons (Fsp3) is 0.211. The molecule has 0 saturated carbocycles. The minimum absolute atomic E-state index is 0.0298. The smallest absolute Gasteiger partial charge is 0.416 e. The number of benzene rings is 2. The number of hydrogen-bond donors (Lipinski definition) is 0. The van der Waals surface area contributed by atoms with Crippen molar-refractivity contribution >= 4 is 10.0 Å². The van der Waals surface area contributed by atoms with Gasteiger partial charge >= 0.3 is 6.18 Å². The number of nitrogens with zero attached hydrogens (tertiary/aromatic N) is 2. The second-order valence-corrected chi connectivity index (χ2v) is 7.60. The maximum atomic E-state index is 12.9. The molecule has 2 aromatic carbocycles. The molecule has 0 aliphatic heterocycles. The first-order valence-electron chi connectivity index (χ1n) is 8.10. The molecule has 0 saturated heterocycles. The van der Waals surface area contributed by atoms with Crippen LogP contribution in [-0.4, -0.2) is 32.4 Å². The SMILES string of the molecule is C=CCN(CCOc1ccc(C#N)cc1)S(=O)(=O)c1cccc(C(F)(F)F)c1. The molecule has 0 unspecified atom stereocenters. The molecule has 0 spiro atoms. The van der Waals surface area contributed by atoms with E-state index in [1.165, 1.54) is 6.08 Å². The third-order valence-electron chi connectivity index (χ3n) is 3.72. The normalized spacial score (nSPS) is 11.8. The predicted octanol–water partition coefficient (Wildman–Crippen LogP) is 3.83. The fourth-order valence-corrected chi connectivity index (χ4v) is 3.77. The van der Waals surface area contributed by atoms with Gasteiger partial charge in [0.05, 0.1) is 22.1 Å². The van der Waals surface area contributed by atoms with Crippen molar-refractivity contribution < 1.29 is 26.3 Å². The van der Waals surface area contributed by atoms with Crippen molar-refractivity contribution in [2.75, 3.05) is 19.7 Å². The summed E-state index contributed by atoms with van der Waals surface area (Å²) < 4.78 is 70.6. The molecular formula is C19H17F3N2O3S. The van der Waals surface area contributed by atoms with Gasteiger partial charge in [0.1, 0.15) is 12.4 Å². The summed E-state index contributed by atoms with van der Waals surface area (Å²) in [6.07, 6.45) is -3.31. The van der Waals surface area contributed by atoms with Gasteiger partial charge in [-0.05, 0) is 42.5 Å². The molecule has 0 amide bonds. The highest BCUT2D eigenvalue weighted by Gasteiger charge is 2.32. The Kier molecular flexibility index (Phi) is 6.83. The zero-order chi connectivity index (χ0) is 20.8. The molecule has 0 aliphatic rings. The summed E-state index contributed by atoms with van der Waals surface area (Å²) in [5, 5.41) is 8.76. The van der Waals surface area contributed by atoms with E-state index in [1.54, 1.807) is 24.3 Å². The Morgan fingerprint density at radius 1 is 1.18 bits per heavy atom. The lowest BCUT2D eigenvalue weighted by Gasteiger charge is -2.21. The number of nitriles is 1. The summed E-state index contributed by atoms with van der Waals surface area (Å²) in [5.74, 6) is 0.439. The maximum Gasteiger partial charge on any atom is 0.416 e. The summed E-state index contributed by atoms with van der Waals surface area (Å²) >= 11 is 0. The van der Waals surface area contributed by atoms with Crippen LogP contribution in [0.15, 0.2) is 66.1 Å². The van der Waals surface area contributed by atoms with Gasteiger partial charge in [0.15, 0.2) is 0 Å². The molecule has 28 heavy (non-hydrogen) atoms. The lowest BCUT2D eigenvalue weighted by molar-refractivity contribution is -0.137. The van der Waals surface area contributed by atoms with E-state index >= 15 is 0 Å². The molecule has 0 atom stereocenters. The molecule has 2 aromatic rings. The summed E-state index contributed by atoms with van der Waals surface area (Å²) in [6.45, 7) is 3.28. The van der Waals surface area contributed by atoms with E-state index in [9.17, 15) is 21.6 Å². The standard InChI is InChI=1S/C19H17F3N2O3S/c1-2-10-24(11-12-27-17-8-6-15(14-23)7-9-17)28(25,26)18-5-3-4-16(13-18)19(20,21)22/h2-9,13H,1,10-12H2. The number of alkyl halides is 3. The molecular weight excluding hydrogens is 393 g/mol. The summed E-state index contributed by atoms with van der Waals surface area (Å²) in [7, 11) is -4.17. The quantitative estimate of drug-likeness (QED) is 0.620. The van der Waals surface area contributed by atoms with Crippen LogP contribution in [0, 0.1) is 11.3 Å². The topological polar surface area (TPSA) is 70.4 Å². The number of sulfonamides is 1. The van der Waals surface area contributed by atoms with E-state index < -0.39 is 26.7 Å². The van der Waals surface area contributed by atoms with Crippen LogP contribution in [-0.2, 0) is 16.2 Å². The highest BCUT2D eigenvalue weighted by molar-refractivity contribution is 7.89. The number of halogens is 3. The van der Waals surface area contributed by atoms with Crippen LogP contribution in [0.3, 0.4) is 0 Å². The van der Waals surface area contributed by atoms with Gasteiger partial charge in [-0.2, -0.15) is 22.7 Å². The molecule has 2 rings (SSSR count). The van der Waals surface area contributed by atoms with Crippen molar-refractivity contribution in [1.82, 2.24) is 4.31 Å². The summed E-state index contributed by atoms with van der Waals surface area (Å²) in [6, 6.07) is 11.8. The molecule has 0 N–H and O–H groups in total. The molecule has 148 valence electrons. The van der Waals surface area contributed by atoms with Crippen LogP contribution in [0.1, 0.15) is 11.1 Å². The van der Waals surface area contributed by atoms with E-state index in [1.807, 2.05) is 6.07 Å². The van der Waals surface area contributed by atoms with Gasteiger partial charge in [-0.25, -0.2) is 8.42 Å². The van der Waals surface area contributed by atoms with E-state index in [4.69, 9.17) is 10.00 Å². The predicted molar refractivity (Wildman–Crippen MR) is 97.1 cm³/mol. The van der Waals surface area contributed by atoms with E-state index in [0.717, 1.165) is 22.5 Å². The maximum absolute atomic E-state index is 12.9. The monoisotopic (exact) mass is 410 g/mol. The van der Waals surface area contributed by atoms with Crippen molar-refractivity contribution in [3.05, 3.63) is 72.3 Å². The Labute approximate surface area is 161 Å². The lowest BCUT2D eigenvalue weighted by atomic mass is 10.2. The molecule has 0 fully saturated rings. The largest absolute Gasteiger partial charge is 0.492 e. The Bertz CT molecular complexity index is 965. The molecule has 5 nitrogen and oxygen atoms in total. The van der Waals surface area contributed by atoms with Crippen LogP contribution in [0.25, 0.3) is 0 Å². The van der Waals surface area contributed by atoms with Crippen molar-refractivity contribution in [3.8, 4) is 11.8 Å². The molecule has 0 radical (unpaired) electrons. The van der Waals surface area contributed by atoms with Gasteiger partial charge in [0.2, 0.25) is 10.0 Å². The molecule has 0 heterocycles. The van der Waals surface area contributed by atoms with Crippen LogP contribution in [0.4, 0.5) is 13.2 Å². The number of hydrogen-bond acceptors (Lipinski definition) is 4. The first-order chi connectivity index (χ1) is 13.2. The Hall–Kier alpha value is -2.83. The average molecular weight is 410 g/mol. The Balaban J connectivity index is 2.15. The lowest BCUT2D eigenvalue weighted by Crippen LogP contribution is -2.35. The zero-order valence-electron chi connectivity index (χ0n) is 14.7. The minimum Gasteiger partial charge on any atom is -0.492 e. The molecule has 0 bridgehead atoms. The van der Waals surface area contributed by atoms with Crippen LogP contribution in [0.5, 0.6) is 5.75 Å². The molecule has 0 aliphatic carbocycles. The number of rotatable bonds is 8. The fourth-order valence-electron chi connectivity index (χ4n) is 2.33. The second kappa shape index (κ2) is 8.91. The van der Waals surface area contributed by atoms with Gasteiger partial charge < -0.3 is 4.74 Å². The van der Waals surface area contributed by atoms with Gasteiger partial charge in [-0.1, -0.05) is 12.1 Å². The van der Waals surface area contributed by atoms with E-state index in [2.05, 4.69) is 6.58 Å². The number of ether oxygens (including phenoxy) is 1. The average Bonchev–Trinajstić information content (AvgIpc) is 2.67. The van der Waals surface area contributed by atoms with Crippen molar-refractivity contribution in [2.24, 2.45) is 0 Å². The van der Waals surface area contributed by atoms with Gasteiger partial charge in [-0.3, -0.25) is 0 Å². The minimum atomic E-state index is -4.65. The summed E-state index contributed by atoms with van der Waals surface area (Å²) in [4.78, 5) is -0.456.